The Morgan fingerprint density at radius 3 is 2.37 bits per heavy atom. The molecule has 0 spiro atoms. The Bertz CT molecular complexity index is 673. The molecule has 0 bridgehead atoms. The van der Waals surface area contributed by atoms with Crippen molar-refractivity contribution in [1.82, 2.24) is 0 Å². The van der Waals surface area contributed by atoms with Gasteiger partial charge >= 0.3 is 0 Å². The van der Waals surface area contributed by atoms with Gasteiger partial charge in [-0.15, -0.1) is 0 Å². The fourth-order valence-corrected chi connectivity index (χ4v) is 1.90. The number of hydrogen-bond donors (Lipinski definition) is 1. The van der Waals surface area contributed by atoms with Gasteiger partial charge in [-0.2, -0.15) is 0 Å². The Labute approximate surface area is 115 Å². The van der Waals surface area contributed by atoms with Crippen LogP contribution in [0.4, 0.5) is 18.9 Å². The van der Waals surface area contributed by atoms with Crippen molar-refractivity contribution in [3.8, 4) is 0 Å². The molecule has 2 aromatic rings. The van der Waals surface area contributed by atoms with E-state index in [2.05, 4.69) is 15.9 Å². The number of carbonyl (C=O) groups excluding carboxylic acids is 1. The van der Waals surface area contributed by atoms with Crippen molar-refractivity contribution in [3.63, 3.8) is 0 Å². The van der Waals surface area contributed by atoms with E-state index in [1.54, 1.807) is 0 Å². The molecule has 0 amide bonds. The monoisotopic (exact) mass is 329 g/mol. The summed E-state index contributed by atoms with van der Waals surface area (Å²) >= 11 is 3.13. The number of carbonyl (C=O) groups is 1. The maximum atomic E-state index is 13.5. The predicted octanol–water partition coefficient (Wildman–Crippen LogP) is 3.68. The molecule has 98 valence electrons. The highest BCUT2D eigenvalue weighted by Gasteiger charge is 2.20. The number of nitrogens with two attached hydrogens (primary N) is 1. The van der Waals surface area contributed by atoms with E-state index in [0.717, 1.165) is 6.07 Å². The molecule has 0 heterocycles. The standard InChI is InChI=1S/C13H7BrF3NO/c14-8-5-6(1-4-10(8)18)13(19)7-2-3-9(15)12(17)11(7)16/h1-5H,18H2. The molecular formula is C13H7BrF3NO. The van der Waals surface area contributed by atoms with Crippen molar-refractivity contribution < 1.29 is 18.0 Å². The summed E-state index contributed by atoms with van der Waals surface area (Å²) in [5.74, 6) is -5.26. The summed E-state index contributed by atoms with van der Waals surface area (Å²) in [5, 5.41) is 0. The molecular weight excluding hydrogens is 323 g/mol. The van der Waals surface area contributed by atoms with Crippen LogP contribution in [0, 0.1) is 17.5 Å². The fourth-order valence-electron chi connectivity index (χ4n) is 1.53. The highest BCUT2D eigenvalue weighted by atomic mass is 79.9. The lowest BCUT2D eigenvalue weighted by Crippen LogP contribution is -2.07. The number of benzene rings is 2. The van der Waals surface area contributed by atoms with E-state index >= 15 is 0 Å². The first-order valence-electron chi connectivity index (χ1n) is 5.15. The van der Waals surface area contributed by atoms with E-state index < -0.39 is 28.8 Å². The minimum Gasteiger partial charge on any atom is -0.398 e. The molecule has 0 aromatic heterocycles. The van der Waals surface area contributed by atoms with Gasteiger partial charge in [0.25, 0.3) is 0 Å². The van der Waals surface area contributed by atoms with Crippen LogP contribution in [0.5, 0.6) is 0 Å². The molecule has 2 rings (SSSR count). The third kappa shape index (κ3) is 2.49. The van der Waals surface area contributed by atoms with E-state index in [9.17, 15) is 18.0 Å². The van der Waals surface area contributed by atoms with Crippen molar-refractivity contribution in [1.29, 1.82) is 0 Å². The third-order valence-corrected chi connectivity index (χ3v) is 3.23. The normalized spacial score (nSPS) is 10.5. The maximum Gasteiger partial charge on any atom is 0.196 e. The quantitative estimate of drug-likeness (QED) is 0.519. The van der Waals surface area contributed by atoms with Crippen LogP contribution in [0.15, 0.2) is 34.8 Å². The second kappa shape index (κ2) is 5.05. The van der Waals surface area contributed by atoms with Gasteiger partial charge in [0.1, 0.15) is 0 Å². The first-order chi connectivity index (χ1) is 8.91. The van der Waals surface area contributed by atoms with Crippen LogP contribution in [0.1, 0.15) is 15.9 Å². The Hall–Kier alpha value is -1.82. The predicted molar refractivity (Wildman–Crippen MR) is 68.3 cm³/mol. The van der Waals surface area contributed by atoms with Gasteiger partial charge in [-0.05, 0) is 46.3 Å². The highest BCUT2D eigenvalue weighted by molar-refractivity contribution is 9.10. The van der Waals surface area contributed by atoms with Gasteiger partial charge in [0.15, 0.2) is 23.2 Å². The van der Waals surface area contributed by atoms with Crippen LogP contribution >= 0.6 is 15.9 Å². The molecule has 0 unspecified atom stereocenters. The zero-order valence-corrected chi connectivity index (χ0v) is 11.0. The van der Waals surface area contributed by atoms with E-state index in [1.165, 1.54) is 18.2 Å². The van der Waals surface area contributed by atoms with Gasteiger partial charge < -0.3 is 5.73 Å². The average molecular weight is 330 g/mol. The lowest BCUT2D eigenvalue weighted by atomic mass is 10.0. The summed E-state index contributed by atoms with van der Waals surface area (Å²) in [4.78, 5) is 12.0. The van der Waals surface area contributed by atoms with Crippen LogP contribution in [0.25, 0.3) is 0 Å². The van der Waals surface area contributed by atoms with Crippen LogP contribution in [0.2, 0.25) is 0 Å². The zero-order chi connectivity index (χ0) is 14.2. The van der Waals surface area contributed by atoms with Crippen LogP contribution in [-0.2, 0) is 0 Å². The Kier molecular flexibility index (Phi) is 3.61. The zero-order valence-electron chi connectivity index (χ0n) is 9.38. The molecule has 6 heteroatoms. The average Bonchev–Trinajstić information content (AvgIpc) is 2.39. The number of rotatable bonds is 2. The SMILES string of the molecule is Nc1ccc(C(=O)c2ccc(F)c(F)c2F)cc1Br. The van der Waals surface area contributed by atoms with Crippen molar-refractivity contribution in [2.75, 3.05) is 5.73 Å². The van der Waals surface area contributed by atoms with Crippen LogP contribution in [0.3, 0.4) is 0 Å². The van der Waals surface area contributed by atoms with E-state index in [-0.39, 0.29) is 5.56 Å². The Morgan fingerprint density at radius 2 is 1.74 bits per heavy atom. The second-order valence-electron chi connectivity index (χ2n) is 3.79. The molecule has 19 heavy (non-hydrogen) atoms. The highest BCUT2D eigenvalue weighted by Crippen LogP contribution is 2.24. The van der Waals surface area contributed by atoms with Gasteiger partial charge in [0.2, 0.25) is 0 Å². The van der Waals surface area contributed by atoms with Gasteiger partial charge in [-0.3, -0.25) is 4.79 Å². The molecule has 0 aliphatic heterocycles. The second-order valence-corrected chi connectivity index (χ2v) is 4.64. The molecule has 0 radical (unpaired) electrons. The maximum absolute atomic E-state index is 13.5. The minimum atomic E-state index is -1.67. The Balaban J connectivity index is 2.50. The molecule has 2 aromatic carbocycles. The topological polar surface area (TPSA) is 43.1 Å². The molecule has 0 aliphatic carbocycles. The van der Waals surface area contributed by atoms with Gasteiger partial charge in [-0.25, -0.2) is 13.2 Å². The summed E-state index contributed by atoms with van der Waals surface area (Å²) in [6.45, 7) is 0. The summed E-state index contributed by atoms with van der Waals surface area (Å²) in [6, 6.07) is 5.83. The molecule has 0 saturated carbocycles. The number of anilines is 1. The van der Waals surface area contributed by atoms with Crippen molar-refractivity contribution >= 4 is 27.4 Å². The first-order valence-corrected chi connectivity index (χ1v) is 5.94. The first kappa shape index (κ1) is 13.6. The molecule has 0 saturated heterocycles. The number of halogens is 4. The van der Waals surface area contributed by atoms with E-state index in [4.69, 9.17) is 5.73 Å². The molecule has 2 N–H and O–H groups in total. The number of hydrogen-bond acceptors (Lipinski definition) is 2. The molecule has 0 atom stereocenters. The lowest BCUT2D eigenvalue weighted by Gasteiger charge is -2.06. The molecule has 0 aliphatic rings. The summed E-state index contributed by atoms with van der Waals surface area (Å²) < 4.78 is 39.8. The van der Waals surface area contributed by atoms with E-state index in [0.29, 0.717) is 16.2 Å². The van der Waals surface area contributed by atoms with Crippen molar-refractivity contribution in [3.05, 3.63) is 63.4 Å². The van der Waals surface area contributed by atoms with Crippen molar-refractivity contribution in [2.45, 2.75) is 0 Å². The fraction of sp³-hybridized carbons (Fsp3) is 0. The summed E-state index contributed by atoms with van der Waals surface area (Å²) in [5.41, 5.74) is 5.55. The van der Waals surface area contributed by atoms with Crippen LogP contribution in [-0.4, -0.2) is 5.78 Å². The third-order valence-electron chi connectivity index (χ3n) is 2.54. The minimum absolute atomic E-state index is 0.117. The smallest absolute Gasteiger partial charge is 0.196 e. The van der Waals surface area contributed by atoms with Gasteiger partial charge in [0, 0.05) is 15.7 Å². The van der Waals surface area contributed by atoms with Crippen LogP contribution < -0.4 is 5.73 Å². The lowest BCUT2D eigenvalue weighted by molar-refractivity contribution is 0.103. The van der Waals surface area contributed by atoms with E-state index in [1.807, 2.05) is 0 Å². The molecule has 2 nitrogen and oxygen atoms in total. The number of ketones is 1. The molecule has 0 fully saturated rings. The van der Waals surface area contributed by atoms with Crippen molar-refractivity contribution in [2.24, 2.45) is 0 Å². The number of nitrogen functional groups attached to an aromatic ring is 1. The largest absolute Gasteiger partial charge is 0.398 e. The summed E-state index contributed by atoms with van der Waals surface area (Å²) in [7, 11) is 0. The van der Waals surface area contributed by atoms with Gasteiger partial charge in [-0.1, -0.05) is 0 Å². The van der Waals surface area contributed by atoms with Gasteiger partial charge in [0.05, 0.1) is 5.56 Å². The Morgan fingerprint density at radius 1 is 1.05 bits per heavy atom. The summed E-state index contributed by atoms with van der Waals surface area (Å²) in [6.07, 6.45) is 0.